The quantitative estimate of drug-likeness (QED) is 0.833. The lowest BCUT2D eigenvalue weighted by atomic mass is 10.2. The topological polar surface area (TPSA) is 67.4 Å². The summed E-state index contributed by atoms with van der Waals surface area (Å²) in [6.07, 6.45) is 0. The van der Waals surface area contributed by atoms with E-state index in [0.717, 1.165) is 0 Å². The Balaban J connectivity index is 1.92. The van der Waals surface area contributed by atoms with Crippen LogP contribution in [-0.4, -0.2) is 25.5 Å². The molecule has 0 atom stereocenters. The summed E-state index contributed by atoms with van der Waals surface area (Å²) in [5.74, 6) is -1.61. The summed E-state index contributed by atoms with van der Waals surface area (Å²) in [6.45, 7) is -0.451. The summed E-state index contributed by atoms with van der Waals surface area (Å²) in [6, 6.07) is 12.3. The molecular formula is C16H15FN2O3. The Kier molecular flexibility index (Phi) is 5.08. The van der Waals surface area contributed by atoms with Gasteiger partial charge in [-0.2, -0.15) is 0 Å². The summed E-state index contributed by atoms with van der Waals surface area (Å²) in [5, 5.41) is 5.31. The Bertz CT molecular complexity index is 689. The molecule has 0 saturated heterocycles. The fourth-order valence-electron chi connectivity index (χ4n) is 1.85. The number of carbonyl (C=O) groups is 2. The van der Waals surface area contributed by atoms with Crippen LogP contribution in [0.1, 0.15) is 10.4 Å². The molecule has 0 aliphatic heterocycles. The monoisotopic (exact) mass is 302 g/mol. The van der Waals surface area contributed by atoms with Crippen molar-refractivity contribution in [3.8, 4) is 0 Å². The number of hydrogen-bond acceptors (Lipinski definition) is 4. The van der Waals surface area contributed by atoms with Crippen molar-refractivity contribution in [2.24, 2.45) is 0 Å². The van der Waals surface area contributed by atoms with Crippen molar-refractivity contribution < 1.29 is 18.7 Å². The second kappa shape index (κ2) is 7.21. The first-order valence-electron chi connectivity index (χ1n) is 6.59. The summed E-state index contributed by atoms with van der Waals surface area (Å²) in [4.78, 5) is 23.6. The van der Waals surface area contributed by atoms with Gasteiger partial charge < -0.3 is 15.4 Å². The van der Waals surface area contributed by atoms with Crippen molar-refractivity contribution in [3.63, 3.8) is 0 Å². The lowest BCUT2D eigenvalue weighted by Gasteiger charge is -2.09. The highest BCUT2D eigenvalue weighted by molar-refractivity contribution is 5.98. The fourth-order valence-corrected chi connectivity index (χ4v) is 1.85. The number of esters is 1. The number of rotatable bonds is 5. The fraction of sp³-hybridized carbons (Fsp3) is 0.125. The molecule has 0 saturated carbocycles. The highest BCUT2D eigenvalue weighted by Crippen LogP contribution is 2.15. The first-order chi connectivity index (χ1) is 10.6. The molecule has 114 valence electrons. The van der Waals surface area contributed by atoms with E-state index in [1.807, 2.05) is 0 Å². The van der Waals surface area contributed by atoms with Gasteiger partial charge in [-0.15, -0.1) is 0 Å². The molecule has 0 radical (unpaired) electrons. The minimum Gasteiger partial charge on any atom is -0.452 e. The number of amides is 1. The number of carbonyl (C=O) groups excluding carboxylic acids is 2. The SMILES string of the molecule is CNc1ccccc1C(=O)OCC(=O)Nc1cccc(F)c1. The molecule has 0 heterocycles. The maximum atomic E-state index is 13.0. The van der Waals surface area contributed by atoms with Crippen molar-refractivity contribution >= 4 is 23.3 Å². The summed E-state index contributed by atoms with van der Waals surface area (Å²) in [5.41, 5.74) is 1.25. The van der Waals surface area contributed by atoms with Gasteiger partial charge in [-0.1, -0.05) is 18.2 Å². The van der Waals surface area contributed by atoms with Crippen LogP contribution < -0.4 is 10.6 Å². The van der Waals surface area contributed by atoms with Gasteiger partial charge in [-0.25, -0.2) is 9.18 Å². The summed E-state index contributed by atoms with van der Waals surface area (Å²) in [7, 11) is 1.68. The van der Waals surface area contributed by atoms with Crippen molar-refractivity contribution in [1.29, 1.82) is 0 Å². The van der Waals surface area contributed by atoms with Gasteiger partial charge in [0.05, 0.1) is 5.56 Å². The van der Waals surface area contributed by atoms with Gasteiger partial charge in [0.2, 0.25) is 0 Å². The molecule has 5 nitrogen and oxygen atoms in total. The van der Waals surface area contributed by atoms with Crippen LogP contribution in [-0.2, 0) is 9.53 Å². The Morgan fingerprint density at radius 3 is 2.64 bits per heavy atom. The molecular weight excluding hydrogens is 287 g/mol. The number of halogens is 1. The Labute approximate surface area is 127 Å². The summed E-state index contributed by atoms with van der Waals surface area (Å²) < 4.78 is 17.9. The molecule has 0 bridgehead atoms. The van der Waals surface area contributed by atoms with Crippen molar-refractivity contribution in [2.45, 2.75) is 0 Å². The van der Waals surface area contributed by atoms with Crippen LogP contribution in [0.15, 0.2) is 48.5 Å². The van der Waals surface area contributed by atoms with Crippen molar-refractivity contribution in [3.05, 3.63) is 59.9 Å². The number of hydrogen-bond donors (Lipinski definition) is 2. The molecule has 1 amide bonds. The van der Waals surface area contributed by atoms with Gasteiger partial charge in [0.15, 0.2) is 6.61 Å². The smallest absolute Gasteiger partial charge is 0.340 e. The minimum atomic E-state index is -0.612. The average molecular weight is 302 g/mol. The van der Waals surface area contributed by atoms with Crippen LogP contribution in [0.25, 0.3) is 0 Å². The zero-order chi connectivity index (χ0) is 15.9. The molecule has 2 aromatic carbocycles. The van der Waals surface area contributed by atoms with Gasteiger partial charge >= 0.3 is 5.97 Å². The van der Waals surface area contributed by atoms with E-state index in [1.165, 1.54) is 18.2 Å². The first-order valence-corrected chi connectivity index (χ1v) is 6.59. The third-order valence-electron chi connectivity index (χ3n) is 2.86. The van der Waals surface area contributed by atoms with Crippen LogP contribution in [0.4, 0.5) is 15.8 Å². The molecule has 0 aromatic heterocycles. The Morgan fingerprint density at radius 2 is 1.91 bits per heavy atom. The summed E-state index contributed by atoms with van der Waals surface area (Å²) >= 11 is 0. The number of nitrogens with one attached hydrogen (secondary N) is 2. The van der Waals surface area contributed by atoms with Crippen LogP contribution >= 0.6 is 0 Å². The Morgan fingerprint density at radius 1 is 1.14 bits per heavy atom. The van der Waals surface area contributed by atoms with E-state index < -0.39 is 24.3 Å². The number of anilines is 2. The molecule has 0 spiro atoms. The molecule has 2 aromatic rings. The van der Waals surface area contributed by atoms with Crippen molar-refractivity contribution in [1.82, 2.24) is 0 Å². The van der Waals surface area contributed by atoms with Crippen molar-refractivity contribution in [2.75, 3.05) is 24.3 Å². The Hall–Kier alpha value is -2.89. The molecule has 0 aliphatic carbocycles. The van der Waals surface area contributed by atoms with E-state index in [0.29, 0.717) is 16.9 Å². The highest BCUT2D eigenvalue weighted by Gasteiger charge is 2.13. The minimum absolute atomic E-state index is 0.302. The molecule has 22 heavy (non-hydrogen) atoms. The standard InChI is InChI=1S/C16H15FN2O3/c1-18-14-8-3-2-7-13(14)16(21)22-10-15(20)19-12-6-4-5-11(17)9-12/h2-9,18H,10H2,1H3,(H,19,20). The van der Waals surface area contributed by atoms with Crippen LogP contribution in [0.3, 0.4) is 0 Å². The molecule has 2 N–H and O–H groups in total. The van der Waals surface area contributed by atoms with Crippen LogP contribution in [0.5, 0.6) is 0 Å². The molecule has 0 unspecified atom stereocenters. The zero-order valence-corrected chi connectivity index (χ0v) is 11.9. The van der Waals surface area contributed by atoms with Gasteiger partial charge in [0.1, 0.15) is 5.82 Å². The van der Waals surface area contributed by atoms with E-state index in [4.69, 9.17) is 4.74 Å². The van der Waals surface area contributed by atoms with E-state index in [9.17, 15) is 14.0 Å². The average Bonchev–Trinajstić information content (AvgIpc) is 2.52. The van der Waals surface area contributed by atoms with E-state index in [2.05, 4.69) is 10.6 Å². The number of benzene rings is 2. The van der Waals surface area contributed by atoms with E-state index in [-0.39, 0.29) is 0 Å². The predicted octanol–water partition coefficient (Wildman–Crippen LogP) is 2.66. The van der Waals surface area contributed by atoms with Gasteiger partial charge in [-0.05, 0) is 30.3 Å². The molecule has 6 heteroatoms. The normalized spacial score (nSPS) is 9.91. The van der Waals surface area contributed by atoms with Crippen LogP contribution in [0, 0.1) is 5.82 Å². The van der Waals surface area contributed by atoms with Gasteiger partial charge in [0.25, 0.3) is 5.91 Å². The largest absolute Gasteiger partial charge is 0.452 e. The first kappa shape index (κ1) is 15.5. The van der Waals surface area contributed by atoms with Crippen LogP contribution in [0.2, 0.25) is 0 Å². The lowest BCUT2D eigenvalue weighted by Crippen LogP contribution is -2.21. The number of ether oxygens (including phenoxy) is 1. The third kappa shape index (κ3) is 4.05. The lowest BCUT2D eigenvalue weighted by molar-refractivity contribution is -0.119. The zero-order valence-electron chi connectivity index (χ0n) is 11.9. The predicted molar refractivity (Wildman–Crippen MR) is 81.3 cm³/mol. The third-order valence-corrected chi connectivity index (χ3v) is 2.86. The maximum absolute atomic E-state index is 13.0. The van der Waals surface area contributed by atoms with Gasteiger partial charge in [0, 0.05) is 18.4 Å². The second-order valence-corrected chi connectivity index (χ2v) is 4.43. The highest BCUT2D eigenvalue weighted by atomic mass is 19.1. The maximum Gasteiger partial charge on any atom is 0.340 e. The van der Waals surface area contributed by atoms with E-state index >= 15 is 0 Å². The number of para-hydroxylation sites is 1. The second-order valence-electron chi connectivity index (χ2n) is 4.43. The molecule has 2 rings (SSSR count). The molecule has 0 aliphatic rings. The van der Waals surface area contributed by atoms with Gasteiger partial charge in [-0.3, -0.25) is 4.79 Å². The van der Waals surface area contributed by atoms with E-state index in [1.54, 1.807) is 37.4 Å². The molecule has 0 fully saturated rings.